The van der Waals surface area contributed by atoms with Gasteiger partial charge in [-0.05, 0) is 13.8 Å². The van der Waals surface area contributed by atoms with Crippen LogP contribution in [0.1, 0.15) is 13.8 Å². The highest BCUT2D eigenvalue weighted by Gasteiger charge is 2.62. The van der Waals surface area contributed by atoms with Crippen molar-refractivity contribution in [1.82, 2.24) is 0 Å². The Bertz CT molecular complexity index is 313. The minimum absolute atomic E-state index is 0.342. The molecule has 3 heterocycles. The SMILES string of the molecule is CC1(C)O[C@@H]2[C@@H]3C=C[C@@H](OO3)[C@]2(C[O-])O1. The molecule has 0 radical (unpaired) electrons. The number of hydrogen-bond acceptors (Lipinski definition) is 5. The summed E-state index contributed by atoms with van der Waals surface area (Å²) >= 11 is 0. The highest BCUT2D eigenvalue weighted by molar-refractivity contribution is 5.21. The van der Waals surface area contributed by atoms with E-state index < -0.39 is 24.1 Å². The minimum atomic E-state index is -0.929. The largest absolute Gasteiger partial charge is 0.852 e. The average Bonchev–Trinajstić information content (AvgIpc) is 2.53. The normalized spacial score (nSPS) is 50.7. The molecule has 0 aromatic heterocycles. The zero-order chi connectivity index (χ0) is 10.7. The van der Waals surface area contributed by atoms with Gasteiger partial charge in [0.15, 0.2) is 5.79 Å². The minimum Gasteiger partial charge on any atom is -0.852 e. The molecule has 4 aliphatic rings. The molecule has 2 fully saturated rings. The Labute approximate surface area is 87.5 Å². The molecule has 3 aliphatic heterocycles. The fourth-order valence-corrected chi connectivity index (χ4v) is 2.50. The van der Waals surface area contributed by atoms with Crippen molar-refractivity contribution in [3.63, 3.8) is 0 Å². The number of rotatable bonds is 1. The van der Waals surface area contributed by atoms with Crippen LogP contribution >= 0.6 is 0 Å². The van der Waals surface area contributed by atoms with E-state index in [1.807, 2.05) is 12.2 Å². The summed E-state index contributed by atoms with van der Waals surface area (Å²) in [5.74, 6) is -0.755. The highest BCUT2D eigenvalue weighted by atomic mass is 17.2. The van der Waals surface area contributed by atoms with E-state index in [2.05, 4.69) is 0 Å². The Hall–Kier alpha value is -0.460. The monoisotopic (exact) mass is 213 g/mol. The third-order valence-electron chi connectivity index (χ3n) is 3.08. The van der Waals surface area contributed by atoms with Crippen LogP contribution in [-0.2, 0) is 19.2 Å². The maximum atomic E-state index is 11.4. The first kappa shape index (κ1) is 9.74. The van der Waals surface area contributed by atoms with Crippen molar-refractivity contribution in [3.05, 3.63) is 12.2 Å². The summed E-state index contributed by atoms with van der Waals surface area (Å²) in [7, 11) is 0. The van der Waals surface area contributed by atoms with E-state index in [9.17, 15) is 5.11 Å². The molecule has 1 aliphatic carbocycles. The smallest absolute Gasteiger partial charge is 0.164 e. The van der Waals surface area contributed by atoms with Crippen LogP contribution in [0, 0.1) is 0 Å². The summed E-state index contributed by atoms with van der Waals surface area (Å²) in [5.41, 5.74) is -0.929. The van der Waals surface area contributed by atoms with Crippen molar-refractivity contribution in [3.8, 4) is 0 Å². The molecular formula is C10H13O5-. The van der Waals surface area contributed by atoms with Crippen molar-refractivity contribution < 1.29 is 24.4 Å². The summed E-state index contributed by atoms with van der Waals surface area (Å²) in [6.45, 7) is 3.19. The standard InChI is InChI=1S/C10H13O5/c1-9(2)12-8-6-3-4-7(14-13-6)10(8,5-11)15-9/h3-4,6-8H,5H2,1-2H3/q-1/t6-,7+,8+,10-/m0/s1. The van der Waals surface area contributed by atoms with Crippen LogP contribution in [0.15, 0.2) is 12.2 Å². The van der Waals surface area contributed by atoms with E-state index in [0.29, 0.717) is 0 Å². The van der Waals surface area contributed by atoms with Gasteiger partial charge in [0.05, 0.1) is 0 Å². The maximum absolute atomic E-state index is 11.4. The number of hydrogen-bond donors (Lipinski definition) is 0. The Morgan fingerprint density at radius 3 is 2.60 bits per heavy atom. The van der Waals surface area contributed by atoms with Crippen LogP contribution < -0.4 is 5.11 Å². The van der Waals surface area contributed by atoms with Crippen LogP contribution in [0.3, 0.4) is 0 Å². The molecule has 0 unspecified atom stereocenters. The van der Waals surface area contributed by atoms with Crippen LogP contribution in [0.25, 0.3) is 0 Å². The maximum Gasteiger partial charge on any atom is 0.164 e. The second-order valence-electron chi connectivity index (χ2n) is 4.60. The third kappa shape index (κ3) is 1.15. The quantitative estimate of drug-likeness (QED) is 0.434. The molecule has 0 saturated carbocycles. The molecule has 0 spiro atoms. The van der Waals surface area contributed by atoms with Gasteiger partial charge in [-0.2, -0.15) is 0 Å². The Morgan fingerprint density at radius 2 is 2.07 bits per heavy atom. The van der Waals surface area contributed by atoms with Gasteiger partial charge >= 0.3 is 0 Å². The van der Waals surface area contributed by atoms with Gasteiger partial charge in [0, 0.05) is 0 Å². The van der Waals surface area contributed by atoms with Crippen molar-refractivity contribution >= 4 is 0 Å². The fourth-order valence-electron chi connectivity index (χ4n) is 2.50. The predicted molar refractivity (Wildman–Crippen MR) is 46.5 cm³/mol. The summed E-state index contributed by atoms with van der Waals surface area (Å²) in [4.78, 5) is 10.2. The van der Waals surface area contributed by atoms with Gasteiger partial charge in [-0.3, -0.25) is 0 Å². The van der Waals surface area contributed by atoms with Crippen LogP contribution in [0.5, 0.6) is 0 Å². The second kappa shape index (κ2) is 2.81. The van der Waals surface area contributed by atoms with Gasteiger partial charge in [0.25, 0.3) is 0 Å². The average molecular weight is 213 g/mol. The summed E-state index contributed by atoms with van der Waals surface area (Å²) in [6.07, 6.45) is 2.50. The molecule has 0 aromatic rings. The topological polar surface area (TPSA) is 60.0 Å². The van der Waals surface area contributed by atoms with E-state index in [4.69, 9.17) is 19.2 Å². The van der Waals surface area contributed by atoms with Crippen LogP contribution in [-0.4, -0.2) is 36.3 Å². The summed E-state index contributed by atoms with van der Waals surface area (Å²) in [6, 6.07) is 0. The first-order valence-electron chi connectivity index (χ1n) is 5.04. The predicted octanol–water partition coefficient (Wildman–Crippen LogP) is -0.494. The summed E-state index contributed by atoms with van der Waals surface area (Å²) < 4.78 is 11.4. The Morgan fingerprint density at radius 1 is 1.27 bits per heavy atom. The molecule has 15 heavy (non-hydrogen) atoms. The third-order valence-corrected chi connectivity index (χ3v) is 3.08. The van der Waals surface area contributed by atoms with Crippen molar-refractivity contribution in [1.29, 1.82) is 0 Å². The lowest BCUT2D eigenvalue weighted by molar-refractivity contribution is -0.460. The summed E-state index contributed by atoms with van der Waals surface area (Å²) in [5, 5.41) is 11.4. The van der Waals surface area contributed by atoms with Crippen molar-refractivity contribution in [2.24, 2.45) is 0 Å². The zero-order valence-corrected chi connectivity index (χ0v) is 8.64. The van der Waals surface area contributed by atoms with Crippen LogP contribution in [0.4, 0.5) is 0 Å². The number of ether oxygens (including phenoxy) is 2. The van der Waals surface area contributed by atoms with Crippen molar-refractivity contribution in [2.75, 3.05) is 6.61 Å². The van der Waals surface area contributed by atoms with Gasteiger partial charge in [-0.25, -0.2) is 9.78 Å². The molecule has 2 bridgehead atoms. The zero-order valence-electron chi connectivity index (χ0n) is 8.64. The van der Waals surface area contributed by atoms with Gasteiger partial charge in [-0.15, -0.1) is 6.61 Å². The Balaban J connectivity index is 2.03. The van der Waals surface area contributed by atoms with Gasteiger partial charge in [0.1, 0.15) is 23.9 Å². The van der Waals surface area contributed by atoms with E-state index in [-0.39, 0.29) is 12.2 Å². The number of fused-ring (bicyclic) bond motifs is 1. The van der Waals surface area contributed by atoms with Crippen molar-refractivity contribution in [2.45, 2.75) is 43.5 Å². The Kier molecular flexibility index (Phi) is 1.82. The molecule has 4 rings (SSSR count). The molecule has 84 valence electrons. The van der Waals surface area contributed by atoms with E-state index >= 15 is 0 Å². The van der Waals surface area contributed by atoms with Gasteiger partial charge < -0.3 is 14.6 Å². The first-order valence-corrected chi connectivity index (χ1v) is 5.04. The molecule has 5 nitrogen and oxygen atoms in total. The molecule has 5 heteroatoms. The molecule has 0 amide bonds. The lowest BCUT2D eigenvalue weighted by Crippen LogP contribution is -2.66. The lowest BCUT2D eigenvalue weighted by Gasteiger charge is -2.48. The molecule has 4 atom stereocenters. The molecule has 0 aromatic carbocycles. The lowest BCUT2D eigenvalue weighted by atomic mass is 9.82. The van der Waals surface area contributed by atoms with E-state index in [1.54, 1.807) is 13.8 Å². The van der Waals surface area contributed by atoms with E-state index in [1.165, 1.54) is 0 Å². The van der Waals surface area contributed by atoms with Gasteiger partial charge in [-0.1, -0.05) is 12.2 Å². The highest BCUT2D eigenvalue weighted by Crippen LogP contribution is 2.47. The molecular weight excluding hydrogens is 200 g/mol. The molecule has 0 N–H and O–H groups in total. The fraction of sp³-hybridized carbons (Fsp3) is 0.800. The van der Waals surface area contributed by atoms with E-state index in [0.717, 1.165) is 0 Å². The molecule has 2 saturated heterocycles. The van der Waals surface area contributed by atoms with Crippen LogP contribution in [0.2, 0.25) is 0 Å². The second-order valence-corrected chi connectivity index (χ2v) is 4.60. The van der Waals surface area contributed by atoms with Gasteiger partial charge in [0.2, 0.25) is 0 Å². The first-order chi connectivity index (χ1) is 7.07.